The molecule has 1 aromatic carbocycles. The second-order valence-corrected chi connectivity index (χ2v) is 6.56. The molecular formula is C15H19BrN2O2. The first kappa shape index (κ1) is 13.9. The lowest BCUT2D eigenvalue weighted by atomic mass is 10.0. The van der Waals surface area contributed by atoms with Crippen LogP contribution in [-0.2, 0) is 4.79 Å². The van der Waals surface area contributed by atoms with Crippen LogP contribution in [0.2, 0.25) is 0 Å². The number of halogens is 1. The molecule has 2 unspecified atom stereocenters. The number of amides is 1. The lowest BCUT2D eigenvalue weighted by Crippen LogP contribution is -2.31. The Hall–Kier alpha value is -1.07. The first-order valence-corrected chi connectivity index (χ1v) is 7.84. The topological polar surface area (TPSA) is 32.8 Å². The molecule has 5 heteroatoms. The van der Waals surface area contributed by atoms with Gasteiger partial charge in [0.15, 0.2) is 0 Å². The maximum atomic E-state index is 10.8. The minimum atomic E-state index is 0.660. The highest BCUT2D eigenvalue weighted by atomic mass is 79.9. The number of nitrogens with zero attached hydrogens (tertiary/aromatic N) is 2. The molecule has 0 radical (unpaired) electrons. The van der Waals surface area contributed by atoms with Crippen molar-refractivity contribution in [3.8, 4) is 5.75 Å². The van der Waals surface area contributed by atoms with Gasteiger partial charge in [0.25, 0.3) is 0 Å². The second-order valence-electron chi connectivity index (χ2n) is 5.64. The van der Waals surface area contributed by atoms with E-state index in [1.165, 1.54) is 0 Å². The first-order chi connectivity index (χ1) is 9.74. The van der Waals surface area contributed by atoms with E-state index in [1.807, 2.05) is 29.2 Å². The Bertz CT molecular complexity index is 451. The van der Waals surface area contributed by atoms with Gasteiger partial charge in [-0.15, -0.1) is 0 Å². The monoisotopic (exact) mass is 338 g/mol. The van der Waals surface area contributed by atoms with Gasteiger partial charge in [0, 0.05) is 37.2 Å². The van der Waals surface area contributed by atoms with Gasteiger partial charge in [-0.3, -0.25) is 9.69 Å². The Kier molecular flexibility index (Phi) is 4.27. The number of hydrogen-bond acceptors (Lipinski definition) is 3. The van der Waals surface area contributed by atoms with Crippen molar-refractivity contribution < 1.29 is 9.53 Å². The number of carbonyl (C=O) groups is 1. The molecule has 4 nitrogen and oxygen atoms in total. The molecule has 20 heavy (non-hydrogen) atoms. The molecule has 1 aromatic rings. The molecule has 108 valence electrons. The molecule has 0 bridgehead atoms. The molecule has 0 spiro atoms. The molecule has 0 N–H and O–H groups in total. The smallest absolute Gasteiger partial charge is 0.209 e. The summed E-state index contributed by atoms with van der Waals surface area (Å²) in [6.45, 7) is 5.73. The predicted octanol–water partition coefficient (Wildman–Crippen LogP) is 1.85. The van der Waals surface area contributed by atoms with E-state index in [1.54, 1.807) is 0 Å². The second kappa shape index (κ2) is 6.14. The van der Waals surface area contributed by atoms with E-state index in [0.29, 0.717) is 11.8 Å². The fourth-order valence-electron chi connectivity index (χ4n) is 3.22. The van der Waals surface area contributed by atoms with Crippen LogP contribution in [0, 0.1) is 11.8 Å². The van der Waals surface area contributed by atoms with Crippen molar-refractivity contribution in [2.45, 2.75) is 0 Å². The first-order valence-electron chi connectivity index (χ1n) is 7.04. The molecule has 3 rings (SSSR count). The molecule has 2 aliphatic heterocycles. The van der Waals surface area contributed by atoms with E-state index < -0.39 is 0 Å². The maximum absolute atomic E-state index is 10.8. The normalized spacial score (nSPS) is 25.8. The van der Waals surface area contributed by atoms with E-state index in [-0.39, 0.29) is 0 Å². The summed E-state index contributed by atoms with van der Waals surface area (Å²) < 4.78 is 6.82. The Labute approximate surface area is 127 Å². The zero-order valence-electron chi connectivity index (χ0n) is 11.4. The Morgan fingerprint density at radius 3 is 2.40 bits per heavy atom. The molecule has 2 saturated heterocycles. The van der Waals surface area contributed by atoms with Crippen LogP contribution in [-0.4, -0.2) is 55.5 Å². The number of carbonyl (C=O) groups excluding carboxylic acids is 1. The van der Waals surface area contributed by atoms with Gasteiger partial charge in [0.05, 0.1) is 0 Å². The number of benzene rings is 1. The highest BCUT2D eigenvalue weighted by Gasteiger charge is 2.39. The summed E-state index contributed by atoms with van der Waals surface area (Å²) in [5, 5.41) is 0. The van der Waals surface area contributed by atoms with Crippen molar-refractivity contribution in [1.82, 2.24) is 9.80 Å². The molecule has 1 amide bonds. The average molecular weight is 339 g/mol. The van der Waals surface area contributed by atoms with Crippen LogP contribution in [0.5, 0.6) is 5.75 Å². The number of rotatable bonds is 5. The molecule has 2 atom stereocenters. The summed E-state index contributed by atoms with van der Waals surface area (Å²) in [7, 11) is 0. The van der Waals surface area contributed by atoms with E-state index in [4.69, 9.17) is 4.74 Å². The fourth-order valence-corrected chi connectivity index (χ4v) is 3.48. The third-order valence-corrected chi connectivity index (χ3v) is 4.76. The number of likely N-dealkylation sites (tertiary alicyclic amines) is 2. The highest BCUT2D eigenvalue weighted by molar-refractivity contribution is 9.10. The minimum absolute atomic E-state index is 0.660. The van der Waals surface area contributed by atoms with Crippen molar-refractivity contribution in [1.29, 1.82) is 0 Å². The van der Waals surface area contributed by atoms with Gasteiger partial charge in [-0.1, -0.05) is 15.9 Å². The lowest BCUT2D eigenvalue weighted by Gasteiger charge is -2.19. The van der Waals surface area contributed by atoms with Crippen LogP contribution >= 0.6 is 15.9 Å². The van der Waals surface area contributed by atoms with Gasteiger partial charge in [-0.25, -0.2) is 0 Å². The van der Waals surface area contributed by atoms with E-state index >= 15 is 0 Å². The summed E-state index contributed by atoms with van der Waals surface area (Å²) in [5.41, 5.74) is 0. The van der Waals surface area contributed by atoms with Gasteiger partial charge in [-0.05, 0) is 36.1 Å². The van der Waals surface area contributed by atoms with Gasteiger partial charge >= 0.3 is 0 Å². The van der Waals surface area contributed by atoms with Crippen molar-refractivity contribution in [3.05, 3.63) is 28.7 Å². The molecule has 0 saturated carbocycles. The summed E-state index contributed by atoms with van der Waals surface area (Å²) in [5.74, 6) is 2.24. The molecular weight excluding hydrogens is 320 g/mol. The maximum Gasteiger partial charge on any atom is 0.209 e. The van der Waals surface area contributed by atoms with Crippen LogP contribution in [0.3, 0.4) is 0 Å². The standard InChI is InChI=1S/C15H19BrN2O2/c16-14-1-3-15(4-2-14)20-6-5-17-7-12-9-18(11-19)10-13(12)8-17/h1-4,11-13H,5-10H2. The molecule has 0 aliphatic carbocycles. The van der Waals surface area contributed by atoms with Crippen molar-refractivity contribution in [2.75, 3.05) is 39.3 Å². The number of hydrogen-bond donors (Lipinski definition) is 0. The van der Waals surface area contributed by atoms with Gasteiger partial charge < -0.3 is 9.64 Å². The third kappa shape index (κ3) is 3.15. The lowest BCUT2D eigenvalue weighted by molar-refractivity contribution is -0.117. The van der Waals surface area contributed by atoms with Gasteiger partial charge in [0.2, 0.25) is 6.41 Å². The van der Waals surface area contributed by atoms with Crippen molar-refractivity contribution in [3.63, 3.8) is 0 Å². The summed E-state index contributed by atoms with van der Waals surface area (Å²) in [6, 6.07) is 7.93. The largest absolute Gasteiger partial charge is 0.492 e. The van der Waals surface area contributed by atoms with Gasteiger partial charge in [0.1, 0.15) is 12.4 Å². The zero-order chi connectivity index (χ0) is 13.9. The van der Waals surface area contributed by atoms with Crippen LogP contribution < -0.4 is 4.74 Å². The molecule has 2 heterocycles. The summed E-state index contributed by atoms with van der Waals surface area (Å²) in [4.78, 5) is 15.1. The Morgan fingerprint density at radius 2 is 1.80 bits per heavy atom. The SMILES string of the molecule is O=CN1CC2CN(CCOc3ccc(Br)cc3)CC2C1. The highest BCUT2D eigenvalue weighted by Crippen LogP contribution is 2.29. The van der Waals surface area contributed by atoms with Crippen LogP contribution in [0.25, 0.3) is 0 Å². The zero-order valence-corrected chi connectivity index (χ0v) is 13.0. The molecule has 2 fully saturated rings. The fraction of sp³-hybridized carbons (Fsp3) is 0.533. The van der Waals surface area contributed by atoms with Crippen LogP contribution in [0.4, 0.5) is 0 Å². The van der Waals surface area contributed by atoms with Crippen LogP contribution in [0.1, 0.15) is 0 Å². The summed E-state index contributed by atoms with van der Waals surface area (Å²) in [6.07, 6.45) is 0.985. The minimum Gasteiger partial charge on any atom is -0.492 e. The molecule has 2 aliphatic rings. The summed E-state index contributed by atoms with van der Waals surface area (Å²) >= 11 is 3.41. The van der Waals surface area contributed by atoms with E-state index in [9.17, 15) is 4.79 Å². The van der Waals surface area contributed by atoms with E-state index in [2.05, 4.69) is 20.8 Å². The number of fused-ring (bicyclic) bond motifs is 1. The predicted molar refractivity (Wildman–Crippen MR) is 80.7 cm³/mol. The molecule has 0 aromatic heterocycles. The number of ether oxygens (including phenoxy) is 1. The Morgan fingerprint density at radius 1 is 1.15 bits per heavy atom. The van der Waals surface area contributed by atoms with E-state index in [0.717, 1.165) is 56.0 Å². The Balaban J connectivity index is 1.40. The quantitative estimate of drug-likeness (QED) is 0.768. The van der Waals surface area contributed by atoms with Crippen molar-refractivity contribution in [2.24, 2.45) is 11.8 Å². The third-order valence-electron chi connectivity index (χ3n) is 4.23. The van der Waals surface area contributed by atoms with Crippen molar-refractivity contribution >= 4 is 22.3 Å². The average Bonchev–Trinajstić information content (AvgIpc) is 2.98. The van der Waals surface area contributed by atoms with Crippen LogP contribution in [0.15, 0.2) is 28.7 Å². The van der Waals surface area contributed by atoms with Gasteiger partial charge in [-0.2, -0.15) is 0 Å².